The minimum absolute atomic E-state index is 0.146. The Hall–Kier alpha value is -0.910. The molecular weight excluding hydrogens is 799 g/mol. The molecule has 3 unspecified atom stereocenters. The van der Waals surface area contributed by atoms with Gasteiger partial charge >= 0.3 is 0 Å². The second-order valence-electron chi connectivity index (χ2n) is 20.9. The van der Waals surface area contributed by atoms with Crippen LogP contribution in [-0.2, 0) is 4.79 Å². The van der Waals surface area contributed by atoms with E-state index in [1.54, 1.807) is 0 Å². The molecule has 0 aromatic carbocycles. The first-order valence-corrected chi connectivity index (χ1v) is 30.0. The first-order valence-electron chi connectivity index (χ1n) is 30.0. The van der Waals surface area contributed by atoms with Crippen LogP contribution in [0.5, 0.6) is 0 Å². The molecule has 388 valence electrons. The largest absolute Gasteiger partial charge is 0.394 e. The SMILES string of the molecule is CCCCCCCCCCCCCCCCCC/C=C/CCCC(O)C(O)C(CO)NC(=O)CCCCCCCCCCCCCCCCCCCCCCCCCCCCCCCC. The average molecular weight is 919 g/mol. The number of aliphatic hydroxyl groups excluding tert-OH is 3. The van der Waals surface area contributed by atoms with E-state index in [9.17, 15) is 20.1 Å². The van der Waals surface area contributed by atoms with Gasteiger partial charge in [0.1, 0.15) is 6.10 Å². The molecule has 0 aliphatic heterocycles. The minimum Gasteiger partial charge on any atom is -0.394 e. The van der Waals surface area contributed by atoms with Crippen LogP contribution in [0.1, 0.15) is 341 Å². The van der Waals surface area contributed by atoms with Crippen molar-refractivity contribution in [3.63, 3.8) is 0 Å². The normalized spacial score (nSPS) is 13.2. The van der Waals surface area contributed by atoms with Crippen LogP contribution in [0.25, 0.3) is 0 Å². The van der Waals surface area contributed by atoms with Gasteiger partial charge in [-0.1, -0.05) is 309 Å². The topological polar surface area (TPSA) is 89.8 Å². The highest BCUT2D eigenvalue weighted by atomic mass is 16.3. The number of carbonyl (C=O) groups excluding carboxylic acids is 1. The molecule has 0 rings (SSSR count). The monoisotopic (exact) mass is 918 g/mol. The number of carbonyl (C=O) groups is 1. The van der Waals surface area contributed by atoms with Gasteiger partial charge in [0, 0.05) is 6.42 Å². The van der Waals surface area contributed by atoms with E-state index in [1.165, 1.54) is 276 Å². The fourth-order valence-corrected chi connectivity index (χ4v) is 9.76. The number of amides is 1. The quantitative estimate of drug-likeness (QED) is 0.0361. The maximum absolute atomic E-state index is 12.5. The average Bonchev–Trinajstić information content (AvgIpc) is 3.31. The molecule has 0 aliphatic rings. The van der Waals surface area contributed by atoms with Crippen molar-refractivity contribution in [1.82, 2.24) is 5.32 Å². The van der Waals surface area contributed by atoms with E-state index in [-0.39, 0.29) is 12.5 Å². The van der Waals surface area contributed by atoms with Crippen molar-refractivity contribution >= 4 is 5.91 Å². The maximum atomic E-state index is 12.5. The summed E-state index contributed by atoms with van der Waals surface area (Å²) < 4.78 is 0. The van der Waals surface area contributed by atoms with Crippen molar-refractivity contribution in [1.29, 1.82) is 0 Å². The van der Waals surface area contributed by atoms with Crippen LogP contribution in [0.3, 0.4) is 0 Å². The highest BCUT2D eigenvalue weighted by Crippen LogP contribution is 2.18. The summed E-state index contributed by atoms with van der Waals surface area (Å²) in [5.41, 5.74) is 0. The molecule has 5 heteroatoms. The molecule has 1 amide bonds. The summed E-state index contributed by atoms with van der Waals surface area (Å²) >= 11 is 0. The lowest BCUT2D eigenvalue weighted by molar-refractivity contribution is -0.124. The molecule has 0 heterocycles. The van der Waals surface area contributed by atoms with Gasteiger partial charge in [-0.3, -0.25) is 4.79 Å². The Bertz CT molecular complexity index is 925. The van der Waals surface area contributed by atoms with E-state index in [1.807, 2.05) is 0 Å². The molecule has 0 radical (unpaired) electrons. The van der Waals surface area contributed by atoms with E-state index >= 15 is 0 Å². The number of allylic oxidation sites excluding steroid dienone is 2. The zero-order valence-electron chi connectivity index (χ0n) is 44.4. The number of hydrogen-bond acceptors (Lipinski definition) is 4. The van der Waals surface area contributed by atoms with Crippen molar-refractivity contribution in [3.05, 3.63) is 12.2 Å². The zero-order chi connectivity index (χ0) is 47.2. The van der Waals surface area contributed by atoms with Gasteiger partial charge in [-0.25, -0.2) is 0 Å². The van der Waals surface area contributed by atoms with Crippen molar-refractivity contribution < 1.29 is 20.1 Å². The highest BCUT2D eigenvalue weighted by Gasteiger charge is 2.26. The lowest BCUT2D eigenvalue weighted by Gasteiger charge is -2.26. The second-order valence-corrected chi connectivity index (χ2v) is 20.9. The first kappa shape index (κ1) is 64.1. The van der Waals surface area contributed by atoms with Gasteiger partial charge < -0.3 is 20.6 Å². The Morgan fingerprint density at radius 1 is 0.369 bits per heavy atom. The van der Waals surface area contributed by atoms with E-state index in [0.717, 1.165) is 38.5 Å². The summed E-state index contributed by atoms with van der Waals surface area (Å²) in [4.78, 5) is 12.5. The summed E-state index contributed by atoms with van der Waals surface area (Å²) in [6, 6.07) is -0.823. The zero-order valence-corrected chi connectivity index (χ0v) is 44.4. The van der Waals surface area contributed by atoms with Gasteiger partial charge in [-0.15, -0.1) is 0 Å². The molecule has 0 aliphatic carbocycles. The van der Waals surface area contributed by atoms with E-state index in [2.05, 4.69) is 31.3 Å². The molecule has 0 fully saturated rings. The number of rotatable bonds is 56. The predicted molar refractivity (Wildman–Crippen MR) is 287 cm³/mol. The molecule has 0 aromatic heterocycles. The molecule has 0 bridgehead atoms. The number of unbranched alkanes of at least 4 members (excludes halogenated alkanes) is 46. The summed E-state index contributed by atoms with van der Waals surface area (Å²) in [5, 5.41) is 33.8. The third kappa shape index (κ3) is 50.8. The van der Waals surface area contributed by atoms with Gasteiger partial charge in [-0.2, -0.15) is 0 Å². The molecule has 0 saturated heterocycles. The molecule has 65 heavy (non-hydrogen) atoms. The standard InChI is InChI=1S/C60H119NO4/c1-3-5-7-9-11-13-15-17-19-21-23-25-26-27-28-29-30-31-32-33-35-37-39-41-43-45-47-49-51-53-55-59(64)61-57(56-62)60(65)58(63)54-52-50-48-46-44-42-40-38-36-34-24-22-20-18-16-14-12-10-8-6-4-2/h46,48,57-58,60,62-63,65H,3-45,47,49-56H2,1-2H3,(H,61,64)/b48-46+. The molecule has 0 spiro atoms. The molecule has 3 atom stereocenters. The molecule has 0 saturated carbocycles. The Morgan fingerprint density at radius 2 is 0.615 bits per heavy atom. The van der Waals surface area contributed by atoms with Crippen LogP contribution in [0, 0.1) is 0 Å². The Labute approximate surface area is 408 Å². The Kier molecular flexibility index (Phi) is 54.9. The molecular formula is C60H119NO4. The third-order valence-electron chi connectivity index (χ3n) is 14.4. The highest BCUT2D eigenvalue weighted by molar-refractivity contribution is 5.76. The lowest BCUT2D eigenvalue weighted by atomic mass is 10.0. The van der Waals surface area contributed by atoms with Crippen LogP contribution >= 0.6 is 0 Å². The molecule has 5 nitrogen and oxygen atoms in total. The summed E-state index contributed by atoms with van der Waals surface area (Å²) in [6.45, 7) is 4.22. The van der Waals surface area contributed by atoms with Gasteiger partial charge in [0.05, 0.1) is 18.8 Å². The number of hydrogen-bond donors (Lipinski definition) is 4. The lowest BCUT2D eigenvalue weighted by Crippen LogP contribution is -2.50. The summed E-state index contributed by atoms with van der Waals surface area (Å²) in [6.07, 6.45) is 69.6. The van der Waals surface area contributed by atoms with Gasteiger partial charge in [0.2, 0.25) is 5.91 Å². The molecule has 4 N–H and O–H groups in total. The third-order valence-corrected chi connectivity index (χ3v) is 14.4. The minimum atomic E-state index is -1.16. The Balaban J connectivity index is 3.49. The predicted octanol–water partition coefficient (Wildman–Crippen LogP) is 18.7. The van der Waals surface area contributed by atoms with Crippen molar-refractivity contribution in [2.45, 2.75) is 360 Å². The summed E-state index contributed by atoms with van der Waals surface area (Å²) in [7, 11) is 0. The van der Waals surface area contributed by atoms with Crippen molar-refractivity contribution in [3.8, 4) is 0 Å². The smallest absolute Gasteiger partial charge is 0.220 e. The van der Waals surface area contributed by atoms with Gasteiger partial charge in [0.25, 0.3) is 0 Å². The fraction of sp³-hybridized carbons (Fsp3) is 0.950. The van der Waals surface area contributed by atoms with Crippen LogP contribution in [-0.4, -0.2) is 46.1 Å². The van der Waals surface area contributed by atoms with Crippen LogP contribution in [0.2, 0.25) is 0 Å². The fourth-order valence-electron chi connectivity index (χ4n) is 9.76. The number of aliphatic hydroxyl groups is 3. The summed E-state index contributed by atoms with van der Waals surface area (Å²) in [5.74, 6) is -0.146. The van der Waals surface area contributed by atoms with Crippen molar-refractivity contribution in [2.24, 2.45) is 0 Å². The first-order chi connectivity index (χ1) is 32.1. The maximum Gasteiger partial charge on any atom is 0.220 e. The van der Waals surface area contributed by atoms with Crippen LogP contribution in [0.15, 0.2) is 12.2 Å². The Morgan fingerprint density at radius 3 is 0.892 bits per heavy atom. The van der Waals surface area contributed by atoms with E-state index < -0.39 is 18.2 Å². The number of nitrogens with one attached hydrogen (secondary N) is 1. The van der Waals surface area contributed by atoms with E-state index in [4.69, 9.17) is 0 Å². The van der Waals surface area contributed by atoms with Gasteiger partial charge in [-0.05, 0) is 38.5 Å². The van der Waals surface area contributed by atoms with Crippen molar-refractivity contribution in [2.75, 3.05) is 6.61 Å². The van der Waals surface area contributed by atoms with Crippen LogP contribution in [0.4, 0.5) is 0 Å². The molecule has 0 aromatic rings. The van der Waals surface area contributed by atoms with E-state index in [0.29, 0.717) is 12.8 Å². The second kappa shape index (κ2) is 55.7. The van der Waals surface area contributed by atoms with Gasteiger partial charge in [0.15, 0.2) is 0 Å². The van der Waals surface area contributed by atoms with Crippen LogP contribution < -0.4 is 5.32 Å².